The molecule has 4 heteroatoms. The minimum atomic E-state index is -0.239. The predicted molar refractivity (Wildman–Crippen MR) is 80.2 cm³/mol. The Bertz CT molecular complexity index is 630. The first-order chi connectivity index (χ1) is 9.13. The number of nitrogens with one attached hydrogen (secondary N) is 1. The first-order valence-electron chi connectivity index (χ1n) is 6.13. The molecule has 1 aliphatic rings. The molecule has 0 bridgehead atoms. The zero-order valence-corrected chi connectivity index (χ0v) is 12.4. The second-order valence-electron chi connectivity index (χ2n) is 4.70. The molecule has 0 fully saturated rings. The summed E-state index contributed by atoms with van der Waals surface area (Å²) in [6.45, 7) is 0. The topological polar surface area (TPSA) is 12.0 Å². The SMILES string of the molecule is Fc1cc(Br)ccc1NC1CCc2cc(Cl)ccc21. The van der Waals surface area contributed by atoms with Gasteiger partial charge in [-0.15, -0.1) is 0 Å². The van der Waals surface area contributed by atoms with Gasteiger partial charge in [0, 0.05) is 9.50 Å². The fourth-order valence-electron chi connectivity index (χ4n) is 2.53. The Morgan fingerprint density at radius 2 is 2.05 bits per heavy atom. The number of benzene rings is 2. The molecule has 1 nitrogen and oxygen atoms in total. The molecule has 0 saturated carbocycles. The van der Waals surface area contributed by atoms with Crippen molar-refractivity contribution in [3.8, 4) is 0 Å². The van der Waals surface area contributed by atoms with Crippen LogP contribution in [-0.4, -0.2) is 0 Å². The van der Waals surface area contributed by atoms with Crippen molar-refractivity contribution in [2.75, 3.05) is 5.32 Å². The molecule has 0 heterocycles. The van der Waals surface area contributed by atoms with E-state index in [2.05, 4.69) is 21.2 Å². The Labute approximate surface area is 124 Å². The molecule has 2 aromatic rings. The van der Waals surface area contributed by atoms with E-state index in [4.69, 9.17) is 11.6 Å². The van der Waals surface area contributed by atoms with Gasteiger partial charge in [-0.3, -0.25) is 0 Å². The molecule has 1 aliphatic carbocycles. The van der Waals surface area contributed by atoms with Crippen LogP contribution in [0.5, 0.6) is 0 Å². The van der Waals surface area contributed by atoms with Crippen LogP contribution < -0.4 is 5.32 Å². The summed E-state index contributed by atoms with van der Waals surface area (Å²) in [5.74, 6) is -0.239. The van der Waals surface area contributed by atoms with Crippen molar-refractivity contribution in [1.82, 2.24) is 0 Å². The van der Waals surface area contributed by atoms with Crippen LogP contribution in [0.15, 0.2) is 40.9 Å². The largest absolute Gasteiger partial charge is 0.376 e. The summed E-state index contributed by atoms with van der Waals surface area (Å²) in [5.41, 5.74) is 3.00. The van der Waals surface area contributed by atoms with Crippen LogP contribution in [0, 0.1) is 5.82 Å². The highest BCUT2D eigenvalue weighted by molar-refractivity contribution is 9.10. The number of halogens is 3. The first kappa shape index (κ1) is 12.9. The summed E-state index contributed by atoms with van der Waals surface area (Å²) in [6.07, 6.45) is 1.94. The van der Waals surface area contributed by atoms with Crippen LogP contribution in [0.1, 0.15) is 23.6 Å². The summed E-state index contributed by atoms with van der Waals surface area (Å²) < 4.78 is 14.6. The Morgan fingerprint density at radius 1 is 1.21 bits per heavy atom. The second-order valence-corrected chi connectivity index (χ2v) is 6.06. The molecule has 98 valence electrons. The van der Waals surface area contributed by atoms with Gasteiger partial charge in [0.15, 0.2) is 0 Å². The van der Waals surface area contributed by atoms with Gasteiger partial charge in [-0.25, -0.2) is 4.39 Å². The molecule has 0 spiro atoms. The first-order valence-corrected chi connectivity index (χ1v) is 7.30. The van der Waals surface area contributed by atoms with Crippen LogP contribution in [-0.2, 0) is 6.42 Å². The van der Waals surface area contributed by atoms with Gasteiger partial charge in [-0.2, -0.15) is 0 Å². The molecule has 1 atom stereocenters. The molecule has 0 amide bonds. The van der Waals surface area contributed by atoms with Gasteiger partial charge in [0.1, 0.15) is 5.82 Å². The Balaban J connectivity index is 1.86. The predicted octanol–water partition coefficient (Wildman–Crippen LogP) is 5.34. The molecule has 19 heavy (non-hydrogen) atoms. The van der Waals surface area contributed by atoms with Gasteiger partial charge in [0.2, 0.25) is 0 Å². The maximum absolute atomic E-state index is 13.8. The van der Waals surface area contributed by atoms with Crippen LogP contribution in [0.25, 0.3) is 0 Å². The third-order valence-corrected chi connectivity index (χ3v) is 4.17. The highest BCUT2D eigenvalue weighted by Crippen LogP contribution is 2.36. The molecular formula is C15H12BrClFN. The molecule has 3 rings (SSSR count). The number of hydrogen-bond donors (Lipinski definition) is 1. The van der Waals surface area contributed by atoms with Crippen LogP contribution >= 0.6 is 27.5 Å². The van der Waals surface area contributed by atoms with E-state index >= 15 is 0 Å². The summed E-state index contributed by atoms with van der Waals surface area (Å²) >= 11 is 9.25. The van der Waals surface area contributed by atoms with Crippen molar-refractivity contribution >= 4 is 33.2 Å². The van der Waals surface area contributed by atoms with Crippen LogP contribution in [0.2, 0.25) is 5.02 Å². The monoisotopic (exact) mass is 339 g/mol. The number of hydrogen-bond acceptors (Lipinski definition) is 1. The van der Waals surface area contributed by atoms with E-state index in [0.717, 1.165) is 22.3 Å². The number of aryl methyl sites for hydroxylation is 1. The summed E-state index contributed by atoms with van der Waals surface area (Å²) in [7, 11) is 0. The lowest BCUT2D eigenvalue weighted by Gasteiger charge is -2.16. The third kappa shape index (κ3) is 2.63. The van der Waals surface area contributed by atoms with Gasteiger partial charge in [0.25, 0.3) is 0 Å². The summed E-state index contributed by atoms with van der Waals surface area (Å²) in [4.78, 5) is 0. The minimum Gasteiger partial charge on any atom is -0.376 e. The van der Waals surface area contributed by atoms with E-state index in [9.17, 15) is 4.39 Å². The van der Waals surface area contributed by atoms with Crippen molar-refractivity contribution in [3.05, 3.63) is 62.8 Å². The van der Waals surface area contributed by atoms with Gasteiger partial charge in [-0.1, -0.05) is 33.6 Å². The van der Waals surface area contributed by atoms with Crippen LogP contribution in [0.4, 0.5) is 10.1 Å². The zero-order chi connectivity index (χ0) is 13.4. The summed E-state index contributed by atoms with van der Waals surface area (Å²) in [6, 6.07) is 11.1. The summed E-state index contributed by atoms with van der Waals surface area (Å²) in [5, 5.41) is 4.03. The number of anilines is 1. The third-order valence-electron chi connectivity index (χ3n) is 3.44. The zero-order valence-electron chi connectivity index (χ0n) is 10.1. The van der Waals surface area contributed by atoms with Crippen LogP contribution in [0.3, 0.4) is 0 Å². The quantitative estimate of drug-likeness (QED) is 0.778. The molecule has 1 unspecified atom stereocenters. The van der Waals surface area contributed by atoms with Crippen molar-refractivity contribution in [1.29, 1.82) is 0 Å². The van der Waals surface area contributed by atoms with Gasteiger partial charge >= 0.3 is 0 Å². The minimum absolute atomic E-state index is 0.156. The smallest absolute Gasteiger partial charge is 0.147 e. The molecular weight excluding hydrogens is 329 g/mol. The number of fused-ring (bicyclic) bond motifs is 1. The standard InChI is InChI=1S/C15H12BrClFN/c16-10-2-6-15(13(18)8-10)19-14-5-1-9-7-11(17)3-4-12(9)14/h2-4,6-8,14,19H,1,5H2. The van der Waals surface area contributed by atoms with Crippen molar-refractivity contribution in [2.24, 2.45) is 0 Å². The van der Waals surface area contributed by atoms with E-state index in [0.29, 0.717) is 5.69 Å². The fourth-order valence-corrected chi connectivity index (χ4v) is 3.06. The van der Waals surface area contributed by atoms with Crippen molar-refractivity contribution in [3.63, 3.8) is 0 Å². The van der Waals surface area contributed by atoms with Crippen molar-refractivity contribution < 1.29 is 4.39 Å². The lowest BCUT2D eigenvalue weighted by Crippen LogP contribution is -2.08. The number of rotatable bonds is 2. The maximum Gasteiger partial charge on any atom is 0.147 e. The molecule has 0 saturated heterocycles. The average molecular weight is 341 g/mol. The van der Waals surface area contributed by atoms with E-state index in [-0.39, 0.29) is 11.9 Å². The molecule has 1 N–H and O–H groups in total. The van der Waals surface area contributed by atoms with Crippen molar-refractivity contribution in [2.45, 2.75) is 18.9 Å². The maximum atomic E-state index is 13.8. The van der Waals surface area contributed by atoms with E-state index in [1.54, 1.807) is 6.07 Å². The lowest BCUT2D eigenvalue weighted by molar-refractivity contribution is 0.624. The normalized spacial score (nSPS) is 17.3. The van der Waals surface area contributed by atoms with Gasteiger partial charge in [-0.05, 0) is 54.3 Å². The molecule has 0 aromatic heterocycles. The fraction of sp³-hybridized carbons (Fsp3) is 0.200. The Hall–Kier alpha value is -1.06. The highest BCUT2D eigenvalue weighted by atomic mass is 79.9. The second kappa shape index (κ2) is 5.14. The molecule has 0 aliphatic heterocycles. The van der Waals surface area contributed by atoms with E-state index in [1.165, 1.54) is 17.2 Å². The van der Waals surface area contributed by atoms with E-state index < -0.39 is 0 Å². The average Bonchev–Trinajstić information content (AvgIpc) is 2.75. The van der Waals surface area contributed by atoms with Gasteiger partial charge in [0.05, 0.1) is 11.7 Å². The molecule has 0 radical (unpaired) electrons. The van der Waals surface area contributed by atoms with E-state index in [1.807, 2.05) is 24.3 Å². The van der Waals surface area contributed by atoms with Gasteiger partial charge < -0.3 is 5.32 Å². The Morgan fingerprint density at radius 3 is 2.84 bits per heavy atom. The molecule has 2 aromatic carbocycles. The highest BCUT2D eigenvalue weighted by Gasteiger charge is 2.23. The Kier molecular flexibility index (Phi) is 3.50. The lowest BCUT2D eigenvalue weighted by atomic mass is 10.1.